The predicted octanol–water partition coefficient (Wildman–Crippen LogP) is 5.40. The molecule has 0 nitrogen and oxygen atoms in total. The lowest BCUT2D eigenvalue weighted by atomic mass is 10.1. The molecule has 92 valence electrons. The van der Waals surface area contributed by atoms with E-state index < -0.39 is 0 Å². The minimum atomic E-state index is 0.257. The maximum Gasteiger partial charge on any atom is 0.181 e. The van der Waals surface area contributed by atoms with Crippen molar-refractivity contribution in [3.63, 3.8) is 0 Å². The molecule has 3 rings (SSSR count). The quantitative estimate of drug-likeness (QED) is 0.537. The molecule has 18 heavy (non-hydrogen) atoms. The molecule has 0 aliphatic carbocycles. The molecular formula is C17H19S+. The van der Waals surface area contributed by atoms with Crippen LogP contribution in [0.15, 0.2) is 36.4 Å². The molecule has 0 saturated carbocycles. The van der Waals surface area contributed by atoms with E-state index in [0.717, 1.165) is 12.8 Å². The van der Waals surface area contributed by atoms with Gasteiger partial charge in [-0.15, -0.1) is 0 Å². The molecule has 3 aromatic rings. The number of rotatable bonds is 2. The molecule has 0 atom stereocenters. The first kappa shape index (κ1) is 11.7. The van der Waals surface area contributed by atoms with E-state index >= 15 is 0 Å². The zero-order valence-electron chi connectivity index (χ0n) is 11.3. The lowest BCUT2D eigenvalue weighted by Gasteiger charge is -1.96. The smallest absolute Gasteiger partial charge is 0.0613 e. The fourth-order valence-corrected chi connectivity index (χ4v) is 4.45. The van der Waals surface area contributed by atoms with Gasteiger partial charge in [0.15, 0.2) is 9.40 Å². The molecule has 2 aromatic carbocycles. The van der Waals surface area contributed by atoms with Crippen LogP contribution in [-0.2, 0) is 19.1 Å². The average molecular weight is 255 g/mol. The van der Waals surface area contributed by atoms with E-state index in [1.54, 1.807) is 0 Å². The Morgan fingerprint density at radius 2 is 1.22 bits per heavy atom. The Bertz CT molecular complexity index is 658. The van der Waals surface area contributed by atoms with E-state index in [2.05, 4.69) is 56.5 Å². The summed E-state index contributed by atoms with van der Waals surface area (Å²) in [6.45, 7) is 4.46. The first-order chi connectivity index (χ1) is 8.74. The van der Waals surface area contributed by atoms with Crippen molar-refractivity contribution in [2.75, 3.05) is 0 Å². The van der Waals surface area contributed by atoms with Crippen LogP contribution in [0.5, 0.6) is 0 Å². The van der Waals surface area contributed by atoms with Gasteiger partial charge in [0.2, 0.25) is 0 Å². The van der Waals surface area contributed by atoms with Crippen molar-refractivity contribution >= 4 is 30.6 Å². The molecule has 1 heterocycles. The maximum atomic E-state index is 2.39. The molecule has 0 fully saturated rings. The monoisotopic (exact) mass is 255 g/mol. The van der Waals surface area contributed by atoms with Gasteiger partial charge >= 0.3 is 0 Å². The van der Waals surface area contributed by atoms with E-state index in [0.29, 0.717) is 0 Å². The fraction of sp³-hybridized carbons (Fsp3) is 0.294. The summed E-state index contributed by atoms with van der Waals surface area (Å²) >= 11 is 0. The van der Waals surface area contributed by atoms with Gasteiger partial charge in [-0.05, 0) is 58.7 Å². The summed E-state index contributed by atoms with van der Waals surface area (Å²) in [4.78, 5) is 0. The van der Waals surface area contributed by atoms with Crippen LogP contribution in [0.1, 0.15) is 25.0 Å². The first-order valence-electron chi connectivity index (χ1n) is 6.66. The number of benzene rings is 2. The molecule has 0 aliphatic rings. The Morgan fingerprint density at radius 3 is 1.61 bits per heavy atom. The second-order valence-corrected chi connectivity index (χ2v) is 6.78. The summed E-state index contributed by atoms with van der Waals surface area (Å²) < 4.78 is 3.05. The van der Waals surface area contributed by atoms with E-state index in [9.17, 15) is 0 Å². The number of thiophene rings is 1. The van der Waals surface area contributed by atoms with Crippen LogP contribution in [0.2, 0.25) is 0 Å². The summed E-state index contributed by atoms with van der Waals surface area (Å²) in [5, 5.41) is 2.95. The lowest BCUT2D eigenvalue weighted by Crippen LogP contribution is -1.79. The third-order valence-electron chi connectivity index (χ3n) is 3.85. The van der Waals surface area contributed by atoms with E-state index in [1.807, 2.05) is 0 Å². The minimum absolute atomic E-state index is 0.257. The summed E-state index contributed by atoms with van der Waals surface area (Å²) in [5.41, 5.74) is 2.89. The zero-order valence-corrected chi connectivity index (χ0v) is 12.1. The number of aryl methyl sites for hydroxylation is 3. The SMILES string of the molecule is CCc1ccc2c(c1)c1cc(CC)ccc1[s+]2C. The van der Waals surface area contributed by atoms with E-state index in [4.69, 9.17) is 0 Å². The van der Waals surface area contributed by atoms with Crippen molar-refractivity contribution in [1.82, 2.24) is 0 Å². The molecule has 0 bridgehead atoms. The van der Waals surface area contributed by atoms with Crippen molar-refractivity contribution in [1.29, 1.82) is 0 Å². The normalized spacial score (nSPS) is 11.5. The average Bonchev–Trinajstić information content (AvgIpc) is 2.71. The van der Waals surface area contributed by atoms with Crippen LogP contribution in [0, 0.1) is 0 Å². The largest absolute Gasteiger partial charge is 0.181 e. The highest BCUT2D eigenvalue weighted by Gasteiger charge is 2.17. The van der Waals surface area contributed by atoms with Crippen molar-refractivity contribution in [2.24, 2.45) is 6.26 Å². The van der Waals surface area contributed by atoms with Gasteiger partial charge in [-0.25, -0.2) is 0 Å². The van der Waals surface area contributed by atoms with Crippen molar-refractivity contribution in [2.45, 2.75) is 26.7 Å². The van der Waals surface area contributed by atoms with Crippen molar-refractivity contribution in [3.8, 4) is 0 Å². The van der Waals surface area contributed by atoms with Crippen molar-refractivity contribution < 1.29 is 0 Å². The molecular weight excluding hydrogens is 236 g/mol. The first-order valence-corrected chi connectivity index (χ1v) is 8.30. The van der Waals surface area contributed by atoms with Gasteiger partial charge in [0.25, 0.3) is 0 Å². The Morgan fingerprint density at radius 1 is 0.778 bits per heavy atom. The second kappa shape index (κ2) is 4.40. The highest BCUT2D eigenvalue weighted by molar-refractivity contribution is 7.41. The molecule has 1 aromatic heterocycles. The molecule has 0 spiro atoms. The third-order valence-corrected chi connectivity index (χ3v) is 5.89. The van der Waals surface area contributed by atoms with Gasteiger partial charge in [-0.2, -0.15) is 0 Å². The van der Waals surface area contributed by atoms with Gasteiger partial charge in [0, 0.05) is 10.8 Å². The van der Waals surface area contributed by atoms with Crippen LogP contribution in [0.4, 0.5) is 0 Å². The maximum absolute atomic E-state index is 2.39. The molecule has 0 amide bonds. The highest BCUT2D eigenvalue weighted by Crippen LogP contribution is 2.41. The van der Waals surface area contributed by atoms with Gasteiger partial charge in [0.1, 0.15) is 6.26 Å². The predicted molar refractivity (Wildman–Crippen MR) is 83.7 cm³/mol. The summed E-state index contributed by atoms with van der Waals surface area (Å²) in [5.74, 6) is 0. The molecule has 0 aliphatic heterocycles. The van der Waals surface area contributed by atoms with Crippen LogP contribution in [0.3, 0.4) is 0 Å². The van der Waals surface area contributed by atoms with Crippen LogP contribution < -0.4 is 0 Å². The molecule has 0 saturated heterocycles. The van der Waals surface area contributed by atoms with Crippen LogP contribution in [0.25, 0.3) is 20.2 Å². The fourth-order valence-electron chi connectivity index (χ4n) is 2.67. The third kappa shape index (κ3) is 1.65. The van der Waals surface area contributed by atoms with Gasteiger partial charge in [-0.1, -0.05) is 26.0 Å². The molecule has 0 N–H and O–H groups in total. The Balaban J connectivity index is 2.44. The Hall–Kier alpha value is -1.34. The minimum Gasteiger partial charge on any atom is -0.0613 e. The summed E-state index contributed by atoms with van der Waals surface area (Å²) in [6.07, 6.45) is 4.59. The number of hydrogen-bond acceptors (Lipinski definition) is 0. The van der Waals surface area contributed by atoms with Crippen LogP contribution >= 0.6 is 10.5 Å². The standard InChI is InChI=1S/C17H19S/c1-4-12-6-8-16-14(10-12)15-11-13(5-2)7-9-17(15)18(16)3/h6-11H,4-5H2,1-3H3/q+1. The molecule has 0 radical (unpaired) electrons. The highest BCUT2D eigenvalue weighted by atomic mass is 32.2. The van der Waals surface area contributed by atoms with Gasteiger partial charge in [0.05, 0.1) is 0 Å². The molecule has 0 unspecified atom stereocenters. The van der Waals surface area contributed by atoms with E-state index in [1.165, 1.54) is 31.3 Å². The number of fused-ring (bicyclic) bond motifs is 3. The number of hydrogen-bond donors (Lipinski definition) is 0. The van der Waals surface area contributed by atoms with Gasteiger partial charge < -0.3 is 0 Å². The van der Waals surface area contributed by atoms with E-state index in [-0.39, 0.29) is 10.5 Å². The Labute approximate surface area is 111 Å². The topological polar surface area (TPSA) is 0 Å². The second-order valence-electron chi connectivity index (χ2n) is 4.88. The van der Waals surface area contributed by atoms with Crippen LogP contribution in [-0.4, -0.2) is 0 Å². The lowest BCUT2D eigenvalue weighted by molar-refractivity contribution is 1.14. The van der Waals surface area contributed by atoms with Crippen molar-refractivity contribution in [3.05, 3.63) is 47.5 Å². The summed E-state index contributed by atoms with van der Waals surface area (Å²) in [6, 6.07) is 14.0. The summed E-state index contributed by atoms with van der Waals surface area (Å²) in [7, 11) is 0.257. The van der Waals surface area contributed by atoms with Gasteiger partial charge in [-0.3, -0.25) is 0 Å². The molecule has 1 heteroatoms. The zero-order chi connectivity index (χ0) is 12.7. The Kier molecular flexibility index (Phi) is 2.87.